The summed E-state index contributed by atoms with van der Waals surface area (Å²) in [5.74, 6) is -1.28. The van der Waals surface area contributed by atoms with E-state index in [1.807, 2.05) is 50.2 Å². The molecule has 0 bridgehead atoms. The predicted molar refractivity (Wildman–Crippen MR) is 78.4 cm³/mol. The summed E-state index contributed by atoms with van der Waals surface area (Å²) < 4.78 is 0. The van der Waals surface area contributed by atoms with E-state index in [9.17, 15) is 15.0 Å². The number of phenols is 1. The largest absolute Gasteiger partial charge is 0.507 e. The third kappa shape index (κ3) is 3.33. The van der Waals surface area contributed by atoms with Crippen LogP contribution >= 0.6 is 0 Å². The van der Waals surface area contributed by atoms with E-state index in [1.165, 1.54) is 0 Å². The van der Waals surface area contributed by atoms with Crippen LogP contribution in [0.2, 0.25) is 0 Å². The smallest absolute Gasteiger partial charge is 0.339 e. The maximum Gasteiger partial charge on any atom is 0.339 e. The second-order valence-electron chi connectivity index (χ2n) is 5.49. The topological polar surface area (TPSA) is 57.5 Å². The van der Waals surface area contributed by atoms with Crippen molar-refractivity contribution >= 4 is 5.97 Å². The summed E-state index contributed by atoms with van der Waals surface area (Å²) in [6.07, 6.45) is 0. The molecule has 0 spiro atoms. The summed E-state index contributed by atoms with van der Waals surface area (Å²) in [7, 11) is 0. The first-order valence-electron chi connectivity index (χ1n) is 6.47. The first kappa shape index (κ1) is 17.4. The van der Waals surface area contributed by atoms with Crippen LogP contribution in [0, 0.1) is 6.92 Å². The molecule has 0 aliphatic rings. The number of carboxylic acid groups (broad SMARTS) is 1. The normalized spacial score (nSPS) is 10.8. The molecular weight excluding hydrogens is 318 g/mol. The molecule has 0 aliphatic heterocycles. The minimum Gasteiger partial charge on any atom is -0.507 e. The summed E-state index contributed by atoms with van der Waals surface area (Å²) in [6.45, 7) is 5.80. The standard InChI is InChI=1S/C17H18O3.Zn/c1-11-9-13(10-14(15(11)18)16(19)20)17(2,3)12-7-5-4-6-8-12;/h4-10,18H,1-3H3,(H,19,20);. The summed E-state index contributed by atoms with van der Waals surface area (Å²) >= 11 is 0. The monoisotopic (exact) mass is 334 g/mol. The molecule has 21 heavy (non-hydrogen) atoms. The van der Waals surface area contributed by atoms with E-state index in [1.54, 1.807) is 13.0 Å². The molecule has 4 heteroatoms. The number of aromatic hydroxyl groups is 1. The molecule has 2 aromatic rings. The van der Waals surface area contributed by atoms with Gasteiger partial charge in [0.25, 0.3) is 0 Å². The van der Waals surface area contributed by atoms with E-state index >= 15 is 0 Å². The van der Waals surface area contributed by atoms with Crippen LogP contribution in [0.15, 0.2) is 42.5 Å². The Morgan fingerprint density at radius 2 is 1.62 bits per heavy atom. The van der Waals surface area contributed by atoms with Crippen LogP contribution in [0.25, 0.3) is 0 Å². The second-order valence-corrected chi connectivity index (χ2v) is 5.49. The summed E-state index contributed by atoms with van der Waals surface area (Å²) in [5.41, 5.74) is 2.16. The number of hydrogen-bond acceptors (Lipinski definition) is 2. The maximum atomic E-state index is 11.2. The fourth-order valence-electron chi connectivity index (χ4n) is 2.32. The summed E-state index contributed by atoms with van der Waals surface area (Å²) in [5, 5.41) is 19.0. The zero-order valence-corrected chi connectivity index (χ0v) is 15.5. The van der Waals surface area contributed by atoms with Crippen molar-refractivity contribution in [3.63, 3.8) is 0 Å². The average Bonchev–Trinajstić information content (AvgIpc) is 2.42. The van der Waals surface area contributed by atoms with E-state index in [2.05, 4.69) is 0 Å². The van der Waals surface area contributed by atoms with E-state index in [-0.39, 0.29) is 36.2 Å². The Morgan fingerprint density at radius 1 is 1.05 bits per heavy atom. The molecule has 0 aliphatic carbocycles. The average molecular weight is 336 g/mol. The van der Waals surface area contributed by atoms with Gasteiger partial charge in [0.05, 0.1) is 0 Å². The molecule has 106 valence electrons. The third-order valence-corrected chi connectivity index (χ3v) is 3.75. The fraction of sp³-hybridized carbons (Fsp3) is 0.235. The van der Waals surface area contributed by atoms with Crippen molar-refractivity contribution in [2.24, 2.45) is 0 Å². The minimum atomic E-state index is -1.11. The van der Waals surface area contributed by atoms with Crippen LogP contribution in [-0.2, 0) is 24.9 Å². The number of aryl methyl sites for hydroxylation is 1. The van der Waals surface area contributed by atoms with Crippen molar-refractivity contribution in [2.45, 2.75) is 26.2 Å². The molecule has 0 heterocycles. The van der Waals surface area contributed by atoms with Crippen LogP contribution < -0.4 is 0 Å². The van der Waals surface area contributed by atoms with Gasteiger partial charge < -0.3 is 10.2 Å². The van der Waals surface area contributed by atoms with Crippen LogP contribution in [0.3, 0.4) is 0 Å². The Labute approximate surface area is 137 Å². The molecule has 0 aromatic heterocycles. The second kappa shape index (κ2) is 6.40. The van der Waals surface area contributed by atoms with Crippen molar-refractivity contribution in [1.29, 1.82) is 0 Å². The van der Waals surface area contributed by atoms with E-state index in [0.717, 1.165) is 11.1 Å². The van der Waals surface area contributed by atoms with Gasteiger partial charge in [-0.2, -0.15) is 0 Å². The molecule has 0 amide bonds. The molecule has 3 nitrogen and oxygen atoms in total. The first-order chi connectivity index (χ1) is 9.34. The number of carbonyl (C=O) groups is 1. The van der Waals surface area contributed by atoms with Crippen LogP contribution in [-0.4, -0.2) is 16.2 Å². The zero-order chi connectivity index (χ0) is 14.9. The van der Waals surface area contributed by atoms with Gasteiger partial charge in [-0.1, -0.05) is 50.2 Å². The summed E-state index contributed by atoms with van der Waals surface area (Å²) in [4.78, 5) is 11.2. The van der Waals surface area contributed by atoms with E-state index in [0.29, 0.717) is 5.56 Å². The number of benzene rings is 2. The van der Waals surface area contributed by atoms with Crippen molar-refractivity contribution in [1.82, 2.24) is 0 Å². The number of aromatic carboxylic acids is 1. The molecule has 0 unspecified atom stereocenters. The number of hydrogen-bond donors (Lipinski definition) is 2. The van der Waals surface area contributed by atoms with Gasteiger partial charge in [0.15, 0.2) is 0 Å². The van der Waals surface area contributed by atoms with Gasteiger partial charge in [0.1, 0.15) is 11.3 Å². The molecule has 0 atom stereocenters. The molecular formula is C17H18O3Zn. The molecule has 0 saturated carbocycles. The molecule has 2 N–H and O–H groups in total. The van der Waals surface area contributed by atoms with Crippen molar-refractivity contribution in [3.05, 3.63) is 64.7 Å². The van der Waals surface area contributed by atoms with Gasteiger partial charge in [-0.25, -0.2) is 4.79 Å². The Bertz CT molecular complexity index is 649. The van der Waals surface area contributed by atoms with Gasteiger partial charge in [0, 0.05) is 24.9 Å². The molecule has 0 radical (unpaired) electrons. The zero-order valence-electron chi connectivity index (χ0n) is 12.6. The minimum absolute atomic E-state index is 0. The third-order valence-electron chi connectivity index (χ3n) is 3.75. The van der Waals surface area contributed by atoms with E-state index in [4.69, 9.17) is 0 Å². The first-order valence-corrected chi connectivity index (χ1v) is 6.47. The van der Waals surface area contributed by atoms with E-state index < -0.39 is 5.97 Å². The van der Waals surface area contributed by atoms with Crippen LogP contribution in [0.4, 0.5) is 0 Å². The van der Waals surface area contributed by atoms with Crippen LogP contribution in [0.5, 0.6) is 5.75 Å². The fourth-order valence-corrected chi connectivity index (χ4v) is 2.32. The molecule has 0 saturated heterocycles. The van der Waals surface area contributed by atoms with Gasteiger partial charge in [-0.05, 0) is 29.7 Å². The van der Waals surface area contributed by atoms with Gasteiger partial charge in [-0.3, -0.25) is 0 Å². The quantitative estimate of drug-likeness (QED) is 0.840. The number of carboxylic acids is 1. The SMILES string of the molecule is Cc1cc(C(C)(C)c2ccccc2)cc(C(=O)O)c1O.[Zn]. The Kier molecular flexibility index (Phi) is 5.30. The number of rotatable bonds is 3. The maximum absolute atomic E-state index is 11.2. The van der Waals surface area contributed by atoms with Crippen LogP contribution in [0.1, 0.15) is 40.9 Å². The predicted octanol–water partition coefficient (Wildman–Crippen LogP) is 3.72. The Morgan fingerprint density at radius 3 is 2.14 bits per heavy atom. The van der Waals surface area contributed by atoms with Crippen molar-refractivity contribution in [2.75, 3.05) is 0 Å². The van der Waals surface area contributed by atoms with Crippen molar-refractivity contribution < 1.29 is 34.5 Å². The Hall–Kier alpha value is -1.67. The van der Waals surface area contributed by atoms with Gasteiger partial charge >= 0.3 is 5.97 Å². The summed E-state index contributed by atoms with van der Waals surface area (Å²) in [6, 6.07) is 13.3. The molecule has 0 fully saturated rings. The molecule has 2 rings (SSSR count). The Balaban J connectivity index is 0.00000220. The van der Waals surface area contributed by atoms with Crippen molar-refractivity contribution in [3.8, 4) is 5.75 Å². The van der Waals surface area contributed by atoms with Gasteiger partial charge in [0.2, 0.25) is 0 Å². The molecule has 2 aromatic carbocycles. The van der Waals surface area contributed by atoms with Gasteiger partial charge in [-0.15, -0.1) is 0 Å².